The Kier molecular flexibility index (Phi) is 5.04. The van der Waals surface area contributed by atoms with Crippen molar-refractivity contribution in [2.24, 2.45) is 11.8 Å². The molecule has 0 aromatic heterocycles. The van der Waals surface area contributed by atoms with Gasteiger partial charge in [-0.15, -0.1) is 0 Å². The van der Waals surface area contributed by atoms with E-state index in [-0.39, 0.29) is 0 Å². The third-order valence-electron chi connectivity index (χ3n) is 4.64. The number of likely N-dealkylation sites (tertiary alicyclic amines) is 1. The molecule has 1 aliphatic carbocycles. The summed E-state index contributed by atoms with van der Waals surface area (Å²) in [7, 11) is 0. The summed E-state index contributed by atoms with van der Waals surface area (Å²) in [6.07, 6.45) is 9.16. The van der Waals surface area contributed by atoms with E-state index in [1.165, 1.54) is 51.6 Å². The van der Waals surface area contributed by atoms with Crippen LogP contribution in [0.25, 0.3) is 0 Å². The topological polar surface area (TPSA) is 40.5 Å². The van der Waals surface area contributed by atoms with Crippen LogP contribution in [0.15, 0.2) is 0 Å². The lowest BCUT2D eigenvalue weighted by molar-refractivity contribution is -0.137. The molecule has 1 saturated heterocycles. The Morgan fingerprint density at radius 2 is 1.94 bits per heavy atom. The average molecular weight is 253 g/mol. The van der Waals surface area contributed by atoms with Gasteiger partial charge in [0.05, 0.1) is 0 Å². The van der Waals surface area contributed by atoms with Gasteiger partial charge in [-0.3, -0.25) is 4.79 Å². The number of carbonyl (C=O) groups is 1. The Hall–Kier alpha value is -0.570. The first-order valence-corrected chi connectivity index (χ1v) is 7.66. The second-order valence-electron chi connectivity index (χ2n) is 6.11. The molecule has 1 atom stereocenters. The summed E-state index contributed by atoms with van der Waals surface area (Å²) in [5, 5.41) is 8.72. The monoisotopic (exact) mass is 253 g/mol. The third kappa shape index (κ3) is 3.98. The van der Waals surface area contributed by atoms with Gasteiger partial charge in [-0.1, -0.05) is 13.3 Å². The van der Waals surface area contributed by atoms with Crippen LogP contribution in [-0.4, -0.2) is 35.1 Å². The van der Waals surface area contributed by atoms with Crippen LogP contribution in [0.4, 0.5) is 0 Å². The predicted octanol–water partition coefficient (Wildman–Crippen LogP) is 3.14. The van der Waals surface area contributed by atoms with Crippen LogP contribution in [0.1, 0.15) is 58.3 Å². The molecule has 2 fully saturated rings. The van der Waals surface area contributed by atoms with Gasteiger partial charge >= 0.3 is 5.97 Å². The van der Waals surface area contributed by atoms with E-state index < -0.39 is 5.97 Å². The van der Waals surface area contributed by atoms with E-state index in [1.54, 1.807) is 0 Å². The zero-order chi connectivity index (χ0) is 13.0. The van der Waals surface area contributed by atoms with Gasteiger partial charge in [0, 0.05) is 12.5 Å². The van der Waals surface area contributed by atoms with Crippen molar-refractivity contribution in [3.05, 3.63) is 0 Å². The van der Waals surface area contributed by atoms with E-state index in [1.807, 2.05) is 0 Å². The molecule has 18 heavy (non-hydrogen) atoms. The van der Waals surface area contributed by atoms with E-state index in [2.05, 4.69) is 11.8 Å². The fraction of sp³-hybridized carbons (Fsp3) is 0.933. The minimum atomic E-state index is -0.640. The Balaban J connectivity index is 1.72. The summed E-state index contributed by atoms with van der Waals surface area (Å²) in [6.45, 7) is 4.69. The summed E-state index contributed by atoms with van der Waals surface area (Å²) in [5.41, 5.74) is 0. The third-order valence-corrected chi connectivity index (χ3v) is 4.64. The molecule has 2 rings (SSSR count). The molecule has 1 aliphatic heterocycles. The standard InChI is InChI=1S/C15H27NO2/c1-2-3-14(13-5-6-13)16-10-8-12(9-11-16)4-7-15(17)18/h12-14H,2-11H2,1H3,(H,17,18). The van der Waals surface area contributed by atoms with Gasteiger partial charge in [0.1, 0.15) is 0 Å². The second-order valence-corrected chi connectivity index (χ2v) is 6.11. The van der Waals surface area contributed by atoms with E-state index in [0.29, 0.717) is 12.3 Å². The molecular formula is C15H27NO2. The van der Waals surface area contributed by atoms with Crippen molar-refractivity contribution in [1.82, 2.24) is 4.90 Å². The fourth-order valence-corrected chi connectivity index (χ4v) is 3.39. The highest BCUT2D eigenvalue weighted by Crippen LogP contribution is 2.39. The van der Waals surface area contributed by atoms with Crippen LogP contribution in [0.5, 0.6) is 0 Å². The predicted molar refractivity (Wildman–Crippen MR) is 72.6 cm³/mol. The molecule has 104 valence electrons. The second kappa shape index (κ2) is 6.55. The molecule has 1 unspecified atom stereocenters. The van der Waals surface area contributed by atoms with E-state index in [4.69, 9.17) is 5.11 Å². The summed E-state index contributed by atoms with van der Waals surface area (Å²) in [6, 6.07) is 0.829. The van der Waals surface area contributed by atoms with Crippen molar-refractivity contribution in [2.75, 3.05) is 13.1 Å². The number of aliphatic carboxylic acids is 1. The molecule has 0 aromatic rings. The van der Waals surface area contributed by atoms with Crippen LogP contribution >= 0.6 is 0 Å². The highest BCUT2D eigenvalue weighted by Gasteiger charge is 2.35. The zero-order valence-electron chi connectivity index (χ0n) is 11.6. The van der Waals surface area contributed by atoms with Gasteiger partial charge in [0.2, 0.25) is 0 Å². The SMILES string of the molecule is CCCC(C1CC1)N1CCC(CCC(=O)O)CC1. The molecule has 1 saturated carbocycles. The van der Waals surface area contributed by atoms with Crippen molar-refractivity contribution in [3.8, 4) is 0 Å². The summed E-state index contributed by atoms with van der Waals surface area (Å²) in [4.78, 5) is 13.3. The maximum atomic E-state index is 10.6. The van der Waals surface area contributed by atoms with Gasteiger partial charge in [0.25, 0.3) is 0 Å². The smallest absolute Gasteiger partial charge is 0.303 e. The van der Waals surface area contributed by atoms with Gasteiger partial charge in [-0.2, -0.15) is 0 Å². The molecule has 0 aromatic carbocycles. The van der Waals surface area contributed by atoms with Crippen molar-refractivity contribution in [2.45, 2.75) is 64.3 Å². The van der Waals surface area contributed by atoms with E-state index in [0.717, 1.165) is 18.4 Å². The molecule has 0 bridgehead atoms. The highest BCUT2D eigenvalue weighted by atomic mass is 16.4. The summed E-state index contributed by atoms with van der Waals surface area (Å²) in [5.74, 6) is 0.985. The van der Waals surface area contributed by atoms with Crippen LogP contribution < -0.4 is 0 Å². The van der Waals surface area contributed by atoms with Gasteiger partial charge in [0.15, 0.2) is 0 Å². The largest absolute Gasteiger partial charge is 0.481 e. The molecule has 1 N–H and O–H groups in total. The molecular weight excluding hydrogens is 226 g/mol. The first-order valence-electron chi connectivity index (χ1n) is 7.66. The Bertz CT molecular complexity index is 268. The highest BCUT2D eigenvalue weighted by molar-refractivity contribution is 5.66. The van der Waals surface area contributed by atoms with Gasteiger partial charge in [-0.05, 0) is 63.5 Å². The first kappa shape index (κ1) is 13.9. The molecule has 0 radical (unpaired) electrons. The lowest BCUT2D eigenvalue weighted by Gasteiger charge is -2.38. The van der Waals surface area contributed by atoms with Crippen molar-refractivity contribution < 1.29 is 9.90 Å². The van der Waals surface area contributed by atoms with Crippen LogP contribution in [0, 0.1) is 11.8 Å². The maximum Gasteiger partial charge on any atom is 0.303 e. The Labute approximate surface area is 111 Å². The summed E-state index contributed by atoms with van der Waals surface area (Å²) < 4.78 is 0. The van der Waals surface area contributed by atoms with Gasteiger partial charge in [-0.25, -0.2) is 0 Å². The number of hydrogen-bond acceptors (Lipinski definition) is 2. The van der Waals surface area contributed by atoms with Crippen LogP contribution in [0.3, 0.4) is 0 Å². The fourth-order valence-electron chi connectivity index (χ4n) is 3.39. The van der Waals surface area contributed by atoms with E-state index in [9.17, 15) is 4.79 Å². The molecule has 2 aliphatic rings. The molecule has 1 heterocycles. The van der Waals surface area contributed by atoms with Crippen molar-refractivity contribution in [3.63, 3.8) is 0 Å². The lowest BCUT2D eigenvalue weighted by Crippen LogP contribution is -2.42. The normalized spacial score (nSPS) is 24.1. The average Bonchev–Trinajstić information content (AvgIpc) is 3.18. The minimum Gasteiger partial charge on any atom is -0.481 e. The summed E-state index contributed by atoms with van der Waals surface area (Å²) >= 11 is 0. The molecule has 0 amide bonds. The lowest BCUT2D eigenvalue weighted by atomic mass is 9.90. The maximum absolute atomic E-state index is 10.6. The van der Waals surface area contributed by atoms with Crippen LogP contribution in [0.2, 0.25) is 0 Å². The quantitative estimate of drug-likeness (QED) is 0.757. The molecule has 0 spiro atoms. The Morgan fingerprint density at radius 1 is 1.28 bits per heavy atom. The number of carboxylic acids is 1. The number of rotatable bonds is 7. The van der Waals surface area contributed by atoms with Crippen molar-refractivity contribution >= 4 is 5.97 Å². The molecule has 3 heteroatoms. The van der Waals surface area contributed by atoms with Crippen molar-refractivity contribution in [1.29, 1.82) is 0 Å². The van der Waals surface area contributed by atoms with Crippen LogP contribution in [-0.2, 0) is 4.79 Å². The van der Waals surface area contributed by atoms with Gasteiger partial charge < -0.3 is 10.0 Å². The first-order chi connectivity index (χ1) is 8.70. The number of hydrogen-bond donors (Lipinski definition) is 1. The number of piperidine rings is 1. The number of nitrogens with zero attached hydrogens (tertiary/aromatic N) is 1. The Morgan fingerprint density at radius 3 is 2.44 bits per heavy atom. The molecule has 3 nitrogen and oxygen atoms in total. The minimum absolute atomic E-state index is 0.353. The van der Waals surface area contributed by atoms with E-state index >= 15 is 0 Å². The number of carboxylic acid groups (broad SMARTS) is 1. The zero-order valence-corrected chi connectivity index (χ0v) is 11.6.